The van der Waals surface area contributed by atoms with Crippen molar-refractivity contribution in [2.75, 3.05) is 4.90 Å². The predicted molar refractivity (Wildman–Crippen MR) is 250 cm³/mol. The van der Waals surface area contributed by atoms with Crippen molar-refractivity contribution in [2.24, 2.45) is 0 Å². The number of benzene rings is 9. The summed E-state index contributed by atoms with van der Waals surface area (Å²) in [6, 6.07) is 74.3. The quantitative estimate of drug-likeness (QED) is 0.163. The first kappa shape index (κ1) is 35.2. The Morgan fingerprint density at radius 1 is 0.339 bits per heavy atom. The van der Waals surface area contributed by atoms with Gasteiger partial charge in [0.2, 0.25) is 0 Å². The van der Waals surface area contributed by atoms with Crippen molar-refractivity contribution >= 4 is 27.8 Å². The number of rotatable bonds is 6. The topological polar surface area (TPSA) is 3.24 Å². The lowest BCUT2D eigenvalue weighted by Gasteiger charge is -2.32. The van der Waals surface area contributed by atoms with E-state index in [1.54, 1.807) is 0 Å². The Hall–Kier alpha value is -6.96. The summed E-state index contributed by atoms with van der Waals surface area (Å²) in [6.07, 6.45) is 0. The minimum Gasteiger partial charge on any atom is -0.309 e. The average molecular weight is 756 g/mol. The van der Waals surface area contributed by atoms with Crippen molar-refractivity contribution in [3.05, 3.63) is 222 Å². The first-order valence-electron chi connectivity index (χ1n) is 20.9. The third kappa shape index (κ3) is 5.38. The molecule has 9 aromatic carbocycles. The molecule has 0 radical (unpaired) electrons. The van der Waals surface area contributed by atoms with Crippen molar-refractivity contribution in [3.8, 4) is 55.6 Å². The van der Waals surface area contributed by atoms with Crippen LogP contribution in [-0.2, 0) is 10.8 Å². The van der Waals surface area contributed by atoms with Crippen LogP contribution in [0.2, 0.25) is 0 Å². The molecule has 0 unspecified atom stereocenters. The molecule has 0 atom stereocenters. The molecule has 0 aliphatic heterocycles. The highest BCUT2D eigenvalue weighted by atomic mass is 15.1. The highest BCUT2D eigenvalue weighted by Crippen LogP contribution is 2.55. The summed E-state index contributed by atoms with van der Waals surface area (Å²) in [5, 5.41) is 2.45. The highest BCUT2D eigenvalue weighted by molar-refractivity contribution is 6.06. The predicted octanol–water partition coefficient (Wildman–Crippen LogP) is 15.9. The Kier molecular flexibility index (Phi) is 7.94. The smallest absolute Gasteiger partial charge is 0.0546 e. The Morgan fingerprint density at radius 3 is 1.66 bits per heavy atom. The SMILES string of the molecule is CC1(C)c2ccccc2-c2ccc(-c3ccc(N(c4ccccc4-c4cccc5c4C(C)(C)c4ccccc4-5)c4ccc5ccccc5c4-c4ccccc4)cc3)cc21. The lowest BCUT2D eigenvalue weighted by atomic mass is 9.78. The largest absolute Gasteiger partial charge is 0.309 e. The molecule has 0 spiro atoms. The van der Waals surface area contributed by atoms with Crippen LogP contribution in [-0.4, -0.2) is 0 Å². The minimum absolute atomic E-state index is 0.0557. The molecule has 2 aliphatic carbocycles. The van der Waals surface area contributed by atoms with Crippen LogP contribution >= 0.6 is 0 Å². The van der Waals surface area contributed by atoms with Crippen molar-refractivity contribution < 1.29 is 0 Å². The lowest BCUT2D eigenvalue weighted by Crippen LogP contribution is -2.17. The first-order valence-corrected chi connectivity index (χ1v) is 20.9. The molecule has 11 rings (SSSR count). The molecule has 1 heteroatoms. The Labute approximate surface area is 347 Å². The normalized spacial score (nSPS) is 14.0. The maximum absolute atomic E-state index is 2.50. The van der Waals surface area contributed by atoms with Gasteiger partial charge in [0.05, 0.1) is 11.4 Å². The summed E-state index contributed by atoms with van der Waals surface area (Å²) in [5.41, 5.74) is 21.4. The fourth-order valence-electron chi connectivity index (χ4n) is 10.4. The van der Waals surface area contributed by atoms with Gasteiger partial charge in [-0.1, -0.05) is 198 Å². The van der Waals surface area contributed by atoms with E-state index in [-0.39, 0.29) is 10.8 Å². The molecule has 0 aromatic heterocycles. The van der Waals surface area contributed by atoms with Crippen molar-refractivity contribution in [2.45, 2.75) is 38.5 Å². The second-order valence-corrected chi connectivity index (χ2v) is 17.3. The van der Waals surface area contributed by atoms with Crippen LogP contribution in [0.4, 0.5) is 17.1 Å². The van der Waals surface area contributed by atoms with Gasteiger partial charge in [0.15, 0.2) is 0 Å². The molecule has 0 saturated carbocycles. The fraction of sp³-hybridized carbons (Fsp3) is 0.103. The van der Waals surface area contributed by atoms with Gasteiger partial charge in [-0.05, 0) is 108 Å². The number of fused-ring (bicyclic) bond motifs is 7. The van der Waals surface area contributed by atoms with E-state index in [0.29, 0.717) is 0 Å². The van der Waals surface area contributed by atoms with Crippen LogP contribution in [0, 0.1) is 0 Å². The molecule has 1 nitrogen and oxygen atoms in total. The van der Waals surface area contributed by atoms with Crippen molar-refractivity contribution in [3.63, 3.8) is 0 Å². The van der Waals surface area contributed by atoms with Crippen LogP contribution in [0.5, 0.6) is 0 Å². The van der Waals surface area contributed by atoms with Gasteiger partial charge < -0.3 is 4.90 Å². The zero-order valence-electron chi connectivity index (χ0n) is 34.0. The van der Waals surface area contributed by atoms with Crippen LogP contribution in [0.25, 0.3) is 66.4 Å². The molecule has 59 heavy (non-hydrogen) atoms. The van der Waals surface area contributed by atoms with E-state index in [0.717, 1.165) is 17.1 Å². The molecule has 9 aromatic rings. The van der Waals surface area contributed by atoms with Crippen LogP contribution < -0.4 is 4.90 Å². The highest BCUT2D eigenvalue weighted by Gasteiger charge is 2.38. The molecule has 0 N–H and O–H groups in total. The lowest BCUT2D eigenvalue weighted by molar-refractivity contribution is 0.660. The average Bonchev–Trinajstić information content (AvgIpc) is 3.66. The van der Waals surface area contributed by atoms with Gasteiger partial charge >= 0.3 is 0 Å². The van der Waals surface area contributed by atoms with Crippen LogP contribution in [0.3, 0.4) is 0 Å². The van der Waals surface area contributed by atoms with Gasteiger partial charge in [-0.3, -0.25) is 0 Å². The van der Waals surface area contributed by atoms with Gasteiger partial charge in [-0.2, -0.15) is 0 Å². The molecule has 0 bridgehead atoms. The van der Waals surface area contributed by atoms with Gasteiger partial charge in [-0.15, -0.1) is 0 Å². The summed E-state index contributed by atoms with van der Waals surface area (Å²) in [7, 11) is 0. The zero-order valence-corrected chi connectivity index (χ0v) is 34.0. The number of hydrogen-bond acceptors (Lipinski definition) is 1. The maximum atomic E-state index is 2.50. The number of anilines is 3. The maximum Gasteiger partial charge on any atom is 0.0546 e. The van der Waals surface area contributed by atoms with E-state index in [1.165, 1.54) is 88.7 Å². The monoisotopic (exact) mass is 755 g/mol. The summed E-state index contributed by atoms with van der Waals surface area (Å²) < 4.78 is 0. The second-order valence-electron chi connectivity index (χ2n) is 17.3. The van der Waals surface area contributed by atoms with Gasteiger partial charge in [0.1, 0.15) is 0 Å². The molecule has 2 aliphatic rings. The number of para-hydroxylation sites is 1. The van der Waals surface area contributed by atoms with Crippen LogP contribution in [0.15, 0.2) is 200 Å². The summed E-state index contributed by atoms with van der Waals surface area (Å²) in [6.45, 7) is 9.48. The zero-order chi connectivity index (χ0) is 39.9. The summed E-state index contributed by atoms with van der Waals surface area (Å²) >= 11 is 0. The van der Waals surface area contributed by atoms with Crippen LogP contribution in [0.1, 0.15) is 49.9 Å². The van der Waals surface area contributed by atoms with E-state index in [4.69, 9.17) is 0 Å². The Morgan fingerprint density at radius 2 is 0.898 bits per heavy atom. The molecule has 0 fully saturated rings. The molecule has 282 valence electrons. The summed E-state index contributed by atoms with van der Waals surface area (Å²) in [5.74, 6) is 0. The first-order chi connectivity index (χ1) is 28.8. The van der Waals surface area contributed by atoms with Gasteiger partial charge in [0.25, 0.3) is 0 Å². The molecule has 0 amide bonds. The van der Waals surface area contributed by atoms with E-state index in [9.17, 15) is 0 Å². The van der Waals surface area contributed by atoms with Gasteiger partial charge in [0, 0.05) is 27.6 Å². The molecule has 0 saturated heterocycles. The fourth-order valence-corrected chi connectivity index (χ4v) is 10.4. The number of hydrogen-bond donors (Lipinski definition) is 0. The summed E-state index contributed by atoms with van der Waals surface area (Å²) in [4.78, 5) is 2.50. The Balaban J connectivity index is 1.12. The molecule has 0 heterocycles. The second kappa shape index (κ2) is 13.3. The standard InChI is InChI=1S/C58H45N/c1-57(2)50-26-13-10-21-44(50)46-35-31-41(37-52(46)57)38-29-33-42(34-30-38)59(54-36-32-39-17-8-9-20-43(39)55(54)40-18-6-5-7-19-40)53-28-15-12-23-47(53)49-25-16-24-48-45-22-11-14-27-51(45)58(3,4)56(48)49/h5-37H,1-4H3. The third-order valence-corrected chi connectivity index (χ3v) is 13.3. The third-order valence-electron chi connectivity index (χ3n) is 13.3. The molecular formula is C58H45N. The number of nitrogens with zero attached hydrogens (tertiary/aromatic N) is 1. The van der Waals surface area contributed by atoms with Gasteiger partial charge in [-0.25, -0.2) is 0 Å². The minimum atomic E-state index is -0.161. The van der Waals surface area contributed by atoms with Crippen molar-refractivity contribution in [1.82, 2.24) is 0 Å². The Bertz CT molecular complexity index is 3090. The van der Waals surface area contributed by atoms with E-state index < -0.39 is 0 Å². The van der Waals surface area contributed by atoms with E-state index >= 15 is 0 Å². The van der Waals surface area contributed by atoms with Crippen molar-refractivity contribution in [1.29, 1.82) is 0 Å². The van der Waals surface area contributed by atoms with E-state index in [2.05, 4.69) is 233 Å². The van der Waals surface area contributed by atoms with E-state index in [1.807, 2.05) is 0 Å². The molecular weight excluding hydrogens is 711 g/mol.